The lowest BCUT2D eigenvalue weighted by Crippen LogP contribution is -2.04. The molecule has 2 aromatic rings. The number of hydrogen-bond donors (Lipinski definition) is 3. The maximum Gasteiger partial charge on any atom is 0.228 e. The molecule has 4 N–H and O–H groups in total. The predicted octanol–water partition coefficient (Wildman–Crippen LogP) is 1.29. The van der Waals surface area contributed by atoms with Gasteiger partial charge in [-0.1, -0.05) is 0 Å². The van der Waals surface area contributed by atoms with Crippen molar-refractivity contribution in [2.45, 2.75) is 6.42 Å². The molecule has 0 fully saturated rings. The Bertz CT molecular complexity index is 620. The fourth-order valence-corrected chi connectivity index (χ4v) is 1.98. The molecule has 0 atom stereocenters. The van der Waals surface area contributed by atoms with Gasteiger partial charge in [-0.2, -0.15) is 5.10 Å². The average Bonchev–Trinajstić information content (AvgIpc) is 2.83. The van der Waals surface area contributed by atoms with Gasteiger partial charge in [0, 0.05) is 5.56 Å². The van der Waals surface area contributed by atoms with E-state index in [4.69, 9.17) is 5.73 Å². The van der Waals surface area contributed by atoms with Gasteiger partial charge >= 0.3 is 0 Å². The van der Waals surface area contributed by atoms with Gasteiger partial charge < -0.3 is 11.1 Å². The molecule has 5 nitrogen and oxygen atoms in total. The fraction of sp³-hybridized carbons (Fsp3) is 0.0909. The summed E-state index contributed by atoms with van der Waals surface area (Å²) in [5, 5.41) is 8.85. The SMILES string of the molecule is Nc1[nH]ncc1-c1cc(F)c2c(c1)CC(=O)N2. The monoisotopic (exact) mass is 232 g/mol. The van der Waals surface area contributed by atoms with Gasteiger partial charge in [-0.05, 0) is 23.3 Å². The van der Waals surface area contributed by atoms with E-state index in [0.717, 1.165) is 0 Å². The summed E-state index contributed by atoms with van der Waals surface area (Å²) in [5.74, 6) is -0.276. The number of carbonyl (C=O) groups is 1. The molecular weight excluding hydrogens is 223 g/mol. The van der Waals surface area contributed by atoms with Crippen LogP contribution < -0.4 is 11.1 Å². The first kappa shape index (κ1) is 9.83. The molecule has 3 rings (SSSR count). The number of fused-ring (bicyclic) bond motifs is 1. The summed E-state index contributed by atoms with van der Waals surface area (Å²) in [4.78, 5) is 11.2. The second-order valence-corrected chi connectivity index (χ2v) is 3.91. The number of nitrogens with one attached hydrogen (secondary N) is 2. The van der Waals surface area contributed by atoms with E-state index in [1.54, 1.807) is 6.07 Å². The standard InChI is InChI=1S/C11H9FN4O/c12-8-2-5(7-4-14-16-11(7)13)1-6-3-9(17)15-10(6)8/h1-2,4H,3H2,(H,15,17)(H3,13,14,16). The number of halogens is 1. The van der Waals surface area contributed by atoms with Crippen molar-refractivity contribution in [1.29, 1.82) is 0 Å². The summed E-state index contributed by atoms with van der Waals surface area (Å²) >= 11 is 0. The Morgan fingerprint density at radius 3 is 2.94 bits per heavy atom. The number of H-pyrrole nitrogens is 1. The molecule has 0 aliphatic carbocycles. The second-order valence-electron chi connectivity index (χ2n) is 3.91. The highest BCUT2D eigenvalue weighted by molar-refractivity contribution is 6.00. The third-order valence-electron chi connectivity index (χ3n) is 2.77. The summed E-state index contributed by atoms with van der Waals surface area (Å²) in [6.45, 7) is 0. The van der Waals surface area contributed by atoms with Gasteiger partial charge in [0.25, 0.3) is 0 Å². The molecule has 1 aliphatic rings. The number of hydrogen-bond acceptors (Lipinski definition) is 3. The number of aromatic nitrogens is 2. The summed E-state index contributed by atoms with van der Waals surface area (Å²) in [7, 11) is 0. The van der Waals surface area contributed by atoms with Crippen LogP contribution in [0.25, 0.3) is 11.1 Å². The van der Waals surface area contributed by atoms with E-state index < -0.39 is 5.82 Å². The molecule has 0 saturated heterocycles. The van der Waals surface area contributed by atoms with Crippen LogP contribution in [-0.4, -0.2) is 16.1 Å². The van der Waals surface area contributed by atoms with Gasteiger partial charge in [-0.25, -0.2) is 4.39 Å². The first-order valence-electron chi connectivity index (χ1n) is 5.06. The molecular formula is C11H9FN4O. The molecule has 0 spiro atoms. The maximum atomic E-state index is 13.8. The Morgan fingerprint density at radius 1 is 1.41 bits per heavy atom. The highest BCUT2D eigenvalue weighted by atomic mass is 19.1. The van der Waals surface area contributed by atoms with Crippen molar-refractivity contribution in [2.75, 3.05) is 11.1 Å². The molecule has 17 heavy (non-hydrogen) atoms. The van der Waals surface area contributed by atoms with Crippen molar-refractivity contribution >= 4 is 17.4 Å². The normalized spacial score (nSPS) is 13.6. The van der Waals surface area contributed by atoms with Gasteiger partial charge in [0.15, 0.2) is 0 Å². The number of amides is 1. The van der Waals surface area contributed by atoms with Crippen molar-refractivity contribution in [2.24, 2.45) is 0 Å². The average molecular weight is 232 g/mol. The van der Waals surface area contributed by atoms with Crippen molar-refractivity contribution < 1.29 is 9.18 Å². The highest BCUT2D eigenvalue weighted by Gasteiger charge is 2.22. The molecule has 0 saturated carbocycles. The number of anilines is 2. The zero-order valence-electron chi connectivity index (χ0n) is 8.75. The van der Waals surface area contributed by atoms with E-state index in [-0.39, 0.29) is 18.0 Å². The summed E-state index contributed by atoms with van der Waals surface area (Å²) in [6, 6.07) is 3.09. The van der Waals surface area contributed by atoms with E-state index in [0.29, 0.717) is 22.5 Å². The zero-order chi connectivity index (χ0) is 12.0. The third kappa shape index (κ3) is 1.45. The van der Waals surface area contributed by atoms with Crippen LogP contribution in [0.15, 0.2) is 18.3 Å². The summed E-state index contributed by atoms with van der Waals surface area (Å²) in [5.41, 5.74) is 7.83. The largest absolute Gasteiger partial charge is 0.384 e. The molecule has 0 bridgehead atoms. The van der Waals surface area contributed by atoms with Crippen LogP contribution in [0, 0.1) is 5.82 Å². The van der Waals surface area contributed by atoms with Crippen LogP contribution in [-0.2, 0) is 11.2 Å². The lowest BCUT2D eigenvalue weighted by atomic mass is 10.0. The Balaban J connectivity index is 2.16. The van der Waals surface area contributed by atoms with Crippen molar-refractivity contribution in [3.8, 4) is 11.1 Å². The van der Waals surface area contributed by atoms with Crippen LogP contribution in [0.5, 0.6) is 0 Å². The van der Waals surface area contributed by atoms with Crippen LogP contribution in [0.4, 0.5) is 15.9 Å². The fourth-order valence-electron chi connectivity index (χ4n) is 1.98. The molecule has 1 aromatic carbocycles. The maximum absolute atomic E-state index is 13.8. The third-order valence-corrected chi connectivity index (χ3v) is 2.77. The number of carbonyl (C=O) groups excluding carboxylic acids is 1. The Hall–Kier alpha value is -2.37. The number of nitrogen functional groups attached to an aromatic ring is 1. The van der Waals surface area contributed by atoms with E-state index >= 15 is 0 Å². The highest BCUT2D eigenvalue weighted by Crippen LogP contribution is 2.33. The molecule has 1 aromatic heterocycles. The molecule has 1 amide bonds. The molecule has 0 radical (unpaired) electrons. The number of nitrogens with two attached hydrogens (primary N) is 1. The van der Waals surface area contributed by atoms with Crippen LogP contribution >= 0.6 is 0 Å². The van der Waals surface area contributed by atoms with Crippen LogP contribution in [0.3, 0.4) is 0 Å². The van der Waals surface area contributed by atoms with Crippen molar-refractivity contribution in [3.05, 3.63) is 29.7 Å². The van der Waals surface area contributed by atoms with Gasteiger partial charge in [-0.3, -0.25) is 9.89 Å². The van der Waals surface area contributed by atoms with E-state index in [2.05, 4.69) is 15.5 Å². The second kappa shape index (κ2) is 3.31. The minimum atomic E-state index is -0.455. The first-order chi connectivity index (χ1) is 8.15. The van der Waals surface area contributed by atoms with Gasteiger partial charge in [0.05, 0.1) is 18.3 Å². The van der Waals surface area contributed by atoms with E-state index in [1.807, 2.05) is 0 Å². The summed E-state index contributed by atoms with van der Waals surface area (Å²) in [6.07, 6.45) is 1.72. The molecule has 2 heterocycles. The lowest BCUT2D eigenvalue weighted by molar-refractivity contribution is -0.115. The van der Waals surface area contributed by atoms with Crippen LogP contribution in [0.2, 0.25) is 0 Å². The van der Waals surface area contributed by atoms with E-state index in [1.165, 1.54) is 12.3 Å². The Labute approximate surface area is 95.8 Å². The quantitative estimate of drug-likeness (QED) is 0.692. The van der Waals surface area contributed by atoms with Crippen molar-refractivity contribution in [1.82, 2.24) is 10.2 Å². The Morgan fingerprint density at radius 2 is 2.24 bits per heavy atom. The smallest absolute Gasteiger partial charge is 0.228 e. The number of rotatable bonds is 1. The van der Waals surface area contributed by atoms with Crippen LogP contribution in [0.1, 0.15) is 5.56 Å². The minimum absolute atomic E-state index is 0.192. The first-order valence-corrected chi connectivity index (χ1v) is 5.06. The molecule has 1 aliphatic heterocycles. The summed E-state index contributed by atoms with van der Waals surface area (Å²) < 4.78 is 13.8. The molecule has 86 valence electrons. The van der Waals surface area contributed by atoms with Gasteiger partial charge in [-0.15, -0.1) is 0 Å². The minimum Gasteiger partial charge on any atom is -0.384 e. The molecule has 0 unspecified atom stereocenters. The lowest BCUT2D eigenvalue weighted by Gasteiger charge is -2.04. The Kier molecular flexibility index (Phi) is 1.91. The van der Waals surface area contributed by atoms with Gasteiger partial charge in [0.1, 0.15) is 11.6 Å². The number of benzene rings is 1. The number of nitrogens with zero attached hydrogens (tertiary/aromatic N) is 1. The number of aromatic amines is 1. The van der Waals surface area contributed by atoms with Gasteiger partial charge in [0.2, 0.25) is 5.91 Å². The topological polar surface area (TPSA) is 83.8 Å². The van der Waals surface area contributed by atoms with E-state index in [9.17, 15) is 9.18 Å². The zero-order valence-corrected chi connectivity index (χ0v) is 8.75. The predicted molar refractivity (Wildman–Crippen MR) is 60.7 cm³/mol. The molecule has 6 heteroatoms. The van der Waals surface area contributed by atoms with Crippen molar-refractivity contribution in [3.63, 3.8) is 0 Å².